The molecule has 4 heteroatoms. The predicted octanol–water partition coefficient (Wildman–Crippen LogP) is 2.35. The predicted molar refractivity (Wildman–Crippen MR) is 82.3 cm³/mol. The molecule has 2 aromatic rings. The molecule has 2 aromatic carbocycles. The molecule has 0 saturated heterocycles. The molecule has 4 N–H and O–H groups in total. The van der Waals surface area contributed by atoms with Crippen LogP contribution < -0.4 is 5.32 Å². The van der Waals surface area contributed by atoms with Crippen LogP contribution in [0.3, 0.4) is 0 Å². The Kier molecular flexibility index (Phi) is 5.20. The summed E-state index contributed by atoms with van der Waals surface area (Å²) in [6, 6.07) is 14.1. The number of aromatic hydroxyl groups is 2. The van der Waals surface area contributed by atoms with Gasteiger partial charge in [-0.2, -0.15) is 0 Å². The van der Waals surface area contributed by atoms with Crippen molar-refractivity contribution in [1.29, 1.82) is 0 Å². The van der Waals surface area contributed by atoms with Crippen molar-refractivity contribution in [3.8, 4) is 11.5 Å². The molecule has 0 aliphatic heterocycles. The Morgan fingerprint density at radius 3 is 2.14 bits per heavy atom. The third kappa shape index (κ3) is 3.97. The lowest BCUT2D eigenvalue weighted by atomic mass is 10.0. The number of phenols is 2. The van der Waals surface area contributed by atoms with Crippen molar-refractivity contribution in [1.82, 2.24) is 5.32 Å². The van der Waals surface area contributed by atoms with Crippen LogP contribution >= 0.6 is 0 Å². The highest BCUT2D eigenvalue weighted by atomic mass is 16.3. The van der Waals surface area contributed by atoms with E-state index in [1.165, 1.54) is 0 Å². The van der Waals surface area contributed by atoms with Crippen LogP contribution in [0.2, 0.25) is 0 Å². The van der Waals surface area contributed by atoms with Gasteiger partial charge in [0.05, 0.1) is 12.2 Å². The maximum atomic E-state index is 9.87. The van der Waals surface area contributed by atoms with Crippen molar-refractivity contribution in [3.63, 3.8) is 0 Å². The fraction of sp³-hybridized carbons (Fsp3) is 0.294. The molecule has 0 heterocycles. The van der Waals surface area contributed by atoms with Crippen LogP contribution in [-0.2, 0) is 6.42 Å². The van der Waals surface area contributed by atoms with E-state index in [2.05, 4.69) is 5.32 Å². The molecule has 21 heavy (non-hydrogen) atoms. The second kappa shape index (κ2) is 7.11. The topological polar surface area (TPSA) is 72.7 Å². The molecule has 112 valence electrons. The van der Waals surface area contributed by atoms with Crippen molar-refractivity contribution >= 4 is 0 Å². The van der Waals surface area contributed by atoms with E-state index in [9.17, 15) is 15.3 Å². The van der Waals surface area contributed by atoms with Gasteiger partial charge in [0, 0.05) is 12.1 Å². The van der Waals surface area contributed by atoms with Gasteiger partial charge in [-0.25, -0.2) is 0 Å². The molecular formula is C17H21NO3. The van der Waals surface area contributed by atoms with Gasteiger partial charge in [-0.05, 0) is 31.0 Å². The zero-order valence-corrected chi connectivity index (χ0v) is 12.0. The van der Waals surface area contributed by atoms with Crippen LogP contribution in [0.1, 0.15) is 24.1 Å². The smallest absolute Gasteiger partial charge is 0.124 e. The van der Waals surface area contributed by atoms with E-state index in [4.69, 9.17) is 0 Å². The number of phenolic OH excluding ortho intramolecular Hbond substituents is 2. The first kappa shape index (κ1) is 15.4. The summed E-state index contributed by atoms with van der Waals surface area (Å²) in [7, 11) is 0. The molecule has 0 aliphatic carbocycles. The van der Waals surface area contributed by atoms with Gasteiger partial charge < -0.3 is 20.6 Å². The molecule has 0 fully saturated rings. The van der Waals surface area contributed by atoms with Crippen molar-refractivity contribution in [2.24, 2.45) is 0 Å². The molecule has 2 rings (SSSR count). The summed E-state index contributed by atoms with van der Waals surface area (Å²) in [5.41, 5.74) is 1.57. The van der Waals surface area contributed by atoms with E-state index in [1.807, 2.05) is 37.3 Å². The zero-order valence-electron chi connectivity index (χ0n) is 12.0. The molecule has 4 nitrogen and oxygen atoms in total. The van der Waals surface area contributed by atoms with Gasteiger partial charge in [0.15, 0.2) is 0 Å². The van der Waals surface area contributed by atoms with E-state index in [0.29, 0.717) is 12.0 Å². The minimum atomic E-state index is -0.271. The van der Waals surface area contributed by atoms with Gasteiger partial charge in [0.1, 0.15) is 11.5 Å². The van der Waals surface area contributed by atoms with Crippen LogP contribution in [0.15, 0.2) is 48.5 Å². The second-order valence-electron chi connectivity index (χ2n) is 5.17. The van der Waals surface area contributed by atoms with Crippen LogP contribution in [0.4, 0.5) is 0 Å². The SMILES string of the molecule is CC(N[C@H](CO)Cc1ccccc1)c1c(O)cccc1O. The fourth-order valence-electron chi connectivity index (χ4n) is 2.50. The Balaban J connectivity index is 2.08. The van der Waals surface area contributed by atoms with E-state index in [1.54, 1.807) is 18.2 Å². The number of hydrogen-bond donors (Lipinski definition) is 4. The van der Waals surface area contributed by atoms with E-state index >= 15 is 0 Å². The van der Waals surface area contributed by atoms with Gasteiger partial charge >= 0.3 is 0 Å². The van der Waals surface area contributed by atoms with Gasteiger partial charge in [0.2, 0.25) is 0 Å². The fourth-order valence-corrected chi connectivity index (χ4v) is 2.50. The average molecular weight is 287 g/mol. The Morgan fingerprint density at radius 1 is 0.952 bits per heavy atom. The first-order chi connectivity index (χ1) is 10.1. The normalized spacial score (nSPS) is 13.8. The maximum absolute atomic E-state index is 9.87. The lowest BCUT2D eigenvalue weighted by Gasteiger charge is -2.23. The lowest BCUT2D eigenvalue weighted by Crippen LogP contribution is -2.36. The number of aliphatic hydroxyl groups is 1. The highest BCUT2D eigenvalue weighted by molar-refractivity contribution is 5.45. The highest BCUT2D eigenvalue weighted by Crippen LogP contribution is 2.32. The van der Waals surface area contributed by atoms with E-state index in [-0.39, 0.29) is 30.2 Å². The Labute approximate surface area is 124 Å². The monoisotopic (exact) mass is 287 g/mol. The van der Waals surface area contributed by atoms with Crippen molar-refractivity contribution < 1.29 is 15.3 Å². The quantitative estimate of drug-likeness (QED) is 0.658. The van der Waals surface area contributed by atoms with Crippen LogP contribution in [0, 0.1) is 0 Å². The number of nitrogens with one attached hydrogen (secondary N) is 1. The molecule has 0 bridgehead atoms. The lowest BCUT2D eigenvalue weighted by molar-refractivity contribution is 0.231. The van der Waals surface area contributed by atoms with Gasteiger partial charge in [-0.3, -0.25) is 0 Å². The number of hydrogen-bond acceptors (Lipinski definition) is 4. The van der Waals surface area contributed by atoms with Crippen molar-refractivity contribution in [2.45, 2.75) is 25.4 Å². The van der Waals surface area contributed by atoms with Crippen LogP contribution in [0.5, 0.6) is 11.5 Å². The number of rotatable bonds is 6. The summed E-state index contributed by atoms with van der Waals surface area (Å²) in [6.45, 7) is 1.83. The summed E-state index contributed by atoms with van der Waals surface area (Å²) in [5, 5.41) is 32.5. The minimum Gasteiger partial charge on any atom is -0.507 e. The third-order valence-electron chi connectivity index (χ3n) is 3.52. The van der Waals surface area contributed by atoms with E-state index < -0.39 is 0 Å². The summed E-state index contributed by atoms with van der Waals surface area (Å²) >= 11 is 0. The first-order valence-electron chi connectivity index (χ1n) is 7.03. The summed E-state index contributed by atoms with van der Waals surface area (Å²) in [4.78, 5) is 0. The molecule has 1 unspecified atom stereocenters. The van der Waals surface area contributed by atoms with Crippen molar-refractivity contribution in [2.75, 3.05) is 6.61 Å². The Bertz CT molecular complexity index is 551. The molecule has 0 amide bonds. The molecule has 0 aromatic heterocycles. The zero-order chi connectivity index (χ0) is 15.2. The second-order valence-corrected chi connectivity index (χ2v) is 5.17. The van der Waals surface area contributed by atoms with Gasteiger partial charge in [0.25, 0.3) is 0 Å². The molecule has 0 saturated carbocycles. The number of aliphatic hydroxyl groups excluding tert-OH is 1. The number of benzene rings is 2. The Hall–Kier alpha value is -2.04. The molecule has 0 radical (unpaired) electrons. The van der Waals surface area contributed by atoms with Crippen molar-refractivity contribution in [3.05, 3.63) is 59.7 Å². The van der Waals surface area contributed by atoms with Gasteiger partial charge in [-0.1, -0.05) is 36.4 Å². The third-order valence-corrected chi connectivity index (χ3v) is 3.52. The largest absolute Gasteiger partial charge is 0.507 e. The Morgan fingerprint density at radius 2 is 1.57 bits per heavy atom. The van der Waals surface area contributed by atoms with Crippen LogP contribution in [0.25, 0.3) is 0 Å². The van der Waals surface area contributed by atoms with Crippen LogP contribution in [-0.4, -0.2) is 28.0 Å². The van der Waals surface area contributed by atoms with E-state index in [0.717, 1.165) is 5.56 Å². The molecular weight excluding hydrogens is 266 g/mol. The average Bonchev–Trinajstić information content (AvgIpc) is 2.47. The standard InChI is InChI=1S/C17H21NO3/c1-12(17-15(20)8-5-9-16(17)21)18-14(11-19)10-13-6-3-2-4-7-13/h2-9,12,14,18-21H,10-11H2,1H3/t12?,14-/m0/s1. The minimum absolute atomic E-state index is 0.0202. The molecule has 0 aliphatic rings. The summed E-state index contributed by atoms with van der Waals surface area (Å²) in [5.74, 6) is 0.0952. The summed E-state index contributed by atoms with van der Waals surface area (Å²) < 4.78 is 0. The first-order valence-corrected chi connectivity index (χ1v) is 7.03. The highest BCUT2D eigenvalue weighted by Gasteiger charge is 2.18. The molecule has 2 atom stereocenters. The molecule has 0 spiro atoms. The summed E-state index contributed by atoms with van der Waals surface area (Å²) in [6.07, 6.45) is 0.677. The maximum Gasteiger partial charge on any atom is 0.124 e. The van der Waals surface area contributed by atoms with Gasteiger partial charge in [-0.15, -0.1) is 0 Å².